The van der Waals surface area contributed by atoms with Crippen molar-refractivity contribution in [3.05, 3.63) is 62.3 Å². The fourth-order valence-electron chi connectivity index (χ4n) is 1.65. The molecule has 1 nitrogen and oxygen atoms in total. The Bertz CT molecular complexity index is 570. The fraction of sp³-hybridized carbons (Fsp3) is 0.143. The van der Waals surface area contributed by atoms with Crippen LogP contribution in [0.1, 0.15) is 11.1 Å². The summed E-state index contributed by atoms with van der Waals surface area (Å²) in [6.07, 6.45) is 0. The van der Waals surface area contributed by atoms with E-state index in [1.807, 2.05) is 6.07 Å². The van der Waals surface area contributed by atoms with Gasteiger partial charge in [0.05, 0.1) is 0 Å². The molecule has 0 saturated carbocycles. The summed E-state index contributed by atoms with van der Waals surface area (Å²) < 4.78 is 14.8. The Morgan fingerprint density at radius 1 is 1.06 bits per heavy atom. The number of aryl methyl sites for hydroxylation is 1. The summed E-state index contributed by atoms with van der Waals surface area (Å²) in [5.41, 5.74) is 3.27. The molecule has 0 aliphatic rings. The van der Waals surface area contributed by atoms with Gasteiger partial charge in [-0.25, -0.2) is 4.39 Å². The molecule has 1 N–H and O–H groups in total. The molecule has 0 aliphatic carbocycles. The van der Waals surface area contributed by atoms with Crippen LogP contribution in [-0.2, 0) is 6.54 Å². The lowest BCUT2D eigenvalue weighted by Crippen LogP contribution is -2.00. The van der Waals surface area contributed by atoms with Crippen LogP contribution in [-0.4, -0.2) is 0 Å². The lowest BCUT2D eigenvalue weighted by molar-refractivity contribution is 0.627. The van der Waals surface area contributed by atoms with Gasteiger partial charge < -0.3 is 5.32 Å². The van der Waals surface area contributed by atoms with Gasteiger partial charge in [-0.05, 0) is 58.2 Å². The minimum Gasteiger partial charge on any atom is -0.380 e. The van der Waals surface area contributed by atoms with Crippen molar-refractivity contribution in [2.24, 2.45) is 0 Å². The zero-order valence-corrected chi connectivity index (χ0v) is 13.0. The first-order valence-corrected chi connectivity index (χ1v) is 7.09. The highest BCUT2D eigenvalue weighted by atomic mass is 79.9. The molecule has 2 aromatic rings. The van der Waals surface area contributed by atoms with Crippen LogP contribution in [0.5, 0.6) is 0 Å². The minimum atomic E-state index is -0.244. The molecule has 0 radical (unpaired) electrons. The lowest BCUT2D eigenvalue weighted by atomic mass is 10.1. The maximum atomic E-state index is 12.9. The van der Waals surface area contributed by atoms with Crippen molar-refractivity contribution in [3.8, 4) is 0 Å². The average molecular weight is 373 g/mol. The molecule has 0 saturated heterocycles. The van der Waals surface area contributed by atoms with Gasteiger partial charge in [-0.2, -0.15) is 0 Å². The molecule has 94 valence electrons. The molecule has 0 amide bonds. The quantitative estimate of drug-likeness (QED) is 0.773. The molecular formula is C14H12Br2FN. The van der Waals surface area contributed by atoms with Crippen LogP contribution in [0.25, 0.3) is 0 Å². The first kappa shape index (κ1) is 13.6. The molecule has 2 rings (SSSR count). The van der Waals surface area contributed by atoms with Crippen molar-refractivity contribution in [2.45, 2.75) is 13.5 Å². The van der Waals surface area contributed by atoms with E-state index in [-0.39, 0.29) is 5.82 Å². The topological polar surface area (TPSA) is 12.0 Å². The fourth-order valence-corrected chi connectivity index (χ4v) is 2.38. The molecule has 0 unspecified atom stereocenters. The third-order valence-electron chi connectivity index (χ3n) is 2.64. The van der Waals surface area contributed by atoms with Gasteiger partial charge in [-0.15, -0.1) is 0 Å². The summed E-state index contributed by atoms with van der Waals surface area (Å²) in [4.78, 5) is 0. The summed E-state index contributed by atoms with van der Waals surface area (Å²) in [5, 5.41) is 3.27. The van der Waals surface area contributed by atoms with Crippen LogP contribution in [0.15, 0.2) is 45.3 Å². The maximum absolute atomic E-state index is 12.9. The predicted octanol–water partition coefficient (Wildman–Crippen LogP) is 5.27. The molecule has 0 bridgehead atoms. The normalized spacial score (nSPS) is 10.4. The van der Waals surface area contributed by atoms with Crippen molar-refractivity contribution in [3.63, 3.8) is 0 Å². The zero-order chi connectivity index (χ0) is 13.1. The molecule has 0 spiro atoms. The third-order valence-corrected chi connectivity index (χ3v) is 4.18. The molecule has 0 aliphatic heterocycles. The number of hydrogen-bond acceptors (Lipinski definition) is 1. The van der Waals surface area contributed by atoms with Crippen LogP contribution in [0.4, 0.5) is 10.1 Å². The molecule has 0 fully saturated rings. The van der Waals surface area contributed by atoms with Crippen LogP contribution >= 0.6 is 31.9 Å². The van der Waals surface area contributed by atoms with Crippen LogP contribution in [0.3, 0.4) is 0 Å². The summed E-state index contributed by atoms with van der Waals surface area (Å²) in [5.74, 6) is -0.244. The number of halogens is 3. The monoisotopic (exact) mass is 371 g/mol. The largest absolute Gasteiger partial charge is 0.380 e. The Balaban J connectivity index is 2.09. The Morgan fingerprint density at radius 2 is 1.83 bits per heavy atom. The van der Waals surface area contributed by atoms with E-state index in [0.29, 0.717) is 6.54 Å². The highest BCUT2D eigenvalue weighted by Crippen LogP contribution is 2.24. The van der Waals surface area contributed by atoms with Gasteiger partial charge in [0, 0.05) is 21.2 Å². The van der Waals surface area contributed by atoms with Crippen molar-refractivity contribution in [1.29, 1.82) is 0 Å². The summed E-state index contributed by atoms with van der Waals surface area (Å²) in [6.45, 7) is 2.76. The summed E-state index contributed by atoms with van der Waals surface area (Å²) in [7, 11) is 0. The number of rotatable bonds is 3. The van der Waals surface area contributed by atoms with Gasteiger partial charge in [-0.1, -0.05) is 28.1 Å². The Kier molecular flexibility index (Phi) is 4.40. The average Bonchev–Trinajstić information content (AvgIpc) is 2.32. The highest BCUT2D eigenvalue weighted by Gasteiger charge is 2.02. The number of nitrogens with one attached hydrogen (secondary N) is 1. The van der Waals surface area contributed by atoms with Crippen molar-refractivity contribution in [1.82, 2.24) is 0 Å². The highest BCUT2D eigenvalue weighted by molar-refractivity contribution is 9.10. The predicted molar refractivity (Wildman–Crippen MR) is 80.3 cm³/mol. The molecule has 18 heavy (non-hydrogen) atoms. The summed E-state index contributed by atoms with van der Waals surface area (Å²) in [6, 6.07) is 10.8. The van der Waals surface area contributed by atoms with E-state index >= 15 is 0 Å². The van der Waals surface area contributed by atoms with Crippen molar-refractivity contribution >= 4 is 37.5 Å². The number of anilines is 1. The van der Waals surface area contributed by atoms with Gasteiger partial charge in [0.15, 0.2) is 0 Å². The molecule has 0 heterocycles. The first-order valence-electron chi connectivity index (χ1n) is 5.50. The van der Waals surface area contributed by atoms with E-state index < -0.39 is 0 Å². The number of hydrogen-bond donors (Lipinski definition) is 1. The maximum Gasteiger partial charge on any atom is 0.124 e. The smallest absolute Gasteiger partial charge is 0.124 e. The summed E-state index contributed by atoms with van der Waals surface area (Å²) >= 11 is 6.81. The molecular weight excluding hydrogens is 361 g/mol. The van der Waals surface area contributed by atoms with Crippen LogP contribution in [0, 0.1) is 12.7 Å². The minimum absolute atomic E-state index is 0.244. The zero-order valence-electron chi connectivity index (χ0n) is 9.81. The molecule has 2 aromatic carbocycles. The van der Waals surface area contributed by atoms with Crippen LogP contribution in [0.2, 0.25) is 0 Å². The van der Waals surface area contributed by atoms with Crippen molar-refractivity contribution < 1.29 is 4.39 Å². The van der Waals surface area contributed by atoms with Gasteiger partial charge >= 0.3 is 0 Å². The van der Waals surface area contributed by atoms with E-state index in [0.717, 1.165) is 14.6 Å². The van der Waals surface area contributed by atoms with Crippen molar-refractivity contribution in [2.75, 3.05) is 5.32 Å². The lowest BCUT2D eigenvalue weighted by Gasteiger charge is -2.09. The van der Waals surface area contributed by atoms with E-state index in [4.69, 9.17) is 0 Å². The second kappa shape index (κ2) is 5.85. The van der Waals surface area contributed by atoms with E-state index in [1.165, 1.54) is 23.3 Å². The SMILES string of the molecule is Cc1cc(CNc2ccc(F)cc2Br)ccc1Br. The van der Waals surface area contributed by atoms with Gasteiger partial charge in [0.2, 0.25) is 0 Å². The van der Waals surface area contributed by atoms with Crippen LogP contribution < -0.4 is 5.32 Å². The Labute approximate surface area is 123 Å². The third kappa shape index (κ3) is 3.33. The standard InChI is InChI=1S/C14H12Br2FN/c1-9-6-10(2-4-12(9)15)8-18-14-5-3-11(17)7-13(14)16/h2-7,18H,8H2,1H3. The van der Waals surface area contributed by atoms with Gasteiger partial charge in [0.25, 0.3) is 0 Å². The number of benzene rings is 2. The second-order valence-electron chi connectivity index (χ2n) is 4.06. The van der Waals surface area contributed by atoms with E-state index in [9.17, 15) is 4.39 Å². The Hall–Kier alpha value is -0.870. The first-order chi connectivity index (χ1) is 8.56. The molecule has 4 heteroatoms. The van der Waals surface area contributed by atoms with E-state index in [2.05, 4.69) is 56.2 Å². The molecule has 0 atom stereocenters. The Morgan fingerprint density at radius 3 is 2.50 bits per heavy atom. The molecule has 0 aromatic heterocycles. The van der Waals surface area contributed by atoms with E-state index in [1.54, 1.807) is 6.07 Å². The van der Waals surface area contributed by atoms with Gasteiger partial charge in [0.1, 0.15) is 5.82 Å². The second-order valence-corrected chi connectivity index (χ2v) is 5.77. The van der Waals surface area contributed by atoms with Gasteiger partial charge in [-0.3, -0.25) is 0 Å².